The Bertz CT molecular complexity index is 692. The van der Waals surface area contributed by atoms with Crippen LogP contribution in [0.25, 0.3) is 11.0 Å². The highest BCUT2D eigenvalue weighted by Crippen LogP contribution is 2.63. The van der Waals surface area contributed by atoms with Gasteiger partial charge >= 0.3 is 0 Å². The molecule has 0 radical (unpaired) electrons. The van der Waals surface area contributed by atoms with Gasteiger partial charge in [-0.2, -0.15) is 0 Å². The molecular formula is C14H11N3S. The third-order valence-corrected chi connectivity index (χ3v) is 4.47. The molecule has 0 saturated carbocycles. The van der Waals surface area contributed by atoms with Gasteiger partial charge in [-0.25, -0.2) is 4.68 Å². The SMILES string of the molecule is c1ccc(C2SC2n2nnc3ccccc32)cc1. The molecule has 1 aliphatic rings. The van der Waals surface area contributed by atoms with Crippen molar-refractivity contribution in [1.29, 1.82) is 0 Å². The monoisotopic (exact) mass is 253 g/mol. The van der Waals surface area contributed by atoms with E-state index in [9.17, 15) is 0 Å². The molecule has 1 saturated heterocycles. The van der Waals surface area contributed by atoms with Crippen molar-refractivity contribution in [2.75, 3.05) is 0 Å². The summed E-state index contributed by atoms with van der Waals surface area (Å²) in [5.41, 5.74) is 3.46. The molecule has 0 N–H and O–H groups in total. The summed E-state index contributed by atoms with van der Waals surface area (Å²) in [6, 6.07) is 18.7. The molecule has 1 fully saturated rings. The van der Waals surface area contributed by atoms with Gasteiger partial charge in [0.25, 0.3) is 0 Å². The van der Waals surface area contributed by atoms with E-state index >= 15 is 0 Å². The molecule has 4 heteroatoms. The van der Waals surface area contributed by atoms with Crippen LogP contribution in [0.5, 0.6) is 0 Å². The van der Waals surface area contributed by atoms with E-state index in [-0.39, 0.29) is 0 Å². The van der Waals surface area contributed by atoms with Gasteiger partial charge in [-0.15, -0.1) is 16.9 Å². The first kappa shape index (κ1) is 10.1. The molecule has 2 heterocycles. The Morgan fingerprint density at radius 1 is 0.944 bits per heavy atom. The molecule has 4 rings (SSSR count). The standard InChI is InChI=1S/C14H11N3S/c1-2-6-10(7-3-1)13-14(18-13)17-12-9-5-4-8-11(12)15-16-17/h1-9,13-14H. The Labute approximate surface area is 109 Å². The molecule has 0 bridgehead atoms. The largest absolute Gasteiger partial charge is 0.230 e. The Morgan fingerprint density at radius 2 is 1.72 bits per heavy atom. The van der Waals surface area contributed by atoms with Crippen molar-refractivity contribution < 1.29 is 0 Å². The zero-order valence-electron chi connectivity index (χ0n) is 9.60. The predicted molar refractivity (Wildman–Crippen MR) is 73.3 cm³/mol. The van der Waals surface area contributed by atoms with Crippen molar-refractivity contribution in [3.63, 3.8) is 0 Å². The number of hydrogen-bond acceptors (Lipinski definition) is 3. The number of thioether (sulfide) groups is 1. The first-order valence-electron chi connectivity index (χ1n) is 5.94. The number of para-hydroxylation sites is 1. The second kappa shape index (κ2) is 3.85. The maximum absolute atomic E-state index is 4.28. The van der Waals surface area contributed by atoms with Crippen molar-refractivity contribution in [1.82, 2.24) is 15.0 Å². The lowest BCUT2D eigenvalue weighted by Crippen LogP contribution is -1.98. The van der Waals surface area contributed by atoms with E-state index in [1.165, 1.54) is 5.56 Å². The lowest BCUT2D eigenvalue weighted by atomic mass is 10.1. The second-order valence-electron chi connectivity index (χ2n) is 4.38. The van der Waals surface area contributed by atoms with E-state index in [0.717, 1.165) is 11.0 Å². The lowest BCUT2D eigenvalue weighted by molar-refractivity contribution is 0.635. The lowest BCUT2D eigenvalue weighted by Gasteiger charge is -1.99. The highest BCUT2D eigenvalue weighted by atomic mass is 32.2. The summed E-state index contributed by atoms with van der Waals surface area (Å²) in [6.07, 6.45) is 0. The number of fused-ring (bicyclic) bond motifs is 1. The van der Waals surface area contributed by atoms with Crippen LogP contribution in [0.1, 0.15) is 16.2 Å². The highest BCUT2D eigenvalue weighted by Gasteiger charge is 2.42. The molecule has 2 atom stereocenters. The minimum Gasteiger partial charge on any atom is -0.230 e. The summed E-state index contributed by atoms with van der Waals surface area (Å²) < 4.78 is 2.04. The summed E-state index contributed by atoms with van der Waals surface area (Å²) in [6.45, 7) is 0. The molecular weight excluding hydrogens is 242 g/mol. The van der Waals surface area contributed by atoms with Gasteiger partial charge in [-0.3, -0.25) is 0 Å². The van der Waals surface area contributed by atoms with Crippen molar-refractivity contribution in [2.45, 2.75) is 10.6 Å². The van der Waals surface area contributed by atoms with Gasteiger partial charge in [-0.1, -0.05) is 47.7 Å². The topological polar surface area (TPSA) is 30.7 Å². The van der Waals surface area contributed by atoms with E-state index in [0.29, 0.717) is 10.6 Å². The maximum atomic E-state index is 4.28. The average molecular weight is 253 g/mol. The van der Waals surface area contributed by atoms with Crippen LogP contribution in [0.4, 0.5) is 0 Å². The third kappa shape index (κ3) is 1.53. The highest BCUT2D eigenvalue weighted by molar-refractivity contribution is 8.06. The van der Waals surface area contributed by atoms with Crippen molar-refractivity contribution >= 4 is 22.8 Å². The van der Waals surface area contributed by atoms with Gasteiger partial charge in [-0.05, 0) is 17.7 Å². The smallest absolute Gasteiger partial charge is 0.116 e. The van der Waals surface area contributed by atoms with Gasteiger partial charge in [0, 0.05) is 0 Å². The van der Waals surface area contributed by atoms with Crippen molar-refractivity contribution in [3.8, 4) is 0 Å². The first-order valence-corrected chi connectivity index (χ1v) is 6.88. The molecule has 18 heavy (non-hydrogen) atoms. The van der Waals surface area contributed by atoms with Crippen LogP contribution in [0.15, 0.2) is 54.6 Å². The Hall–Kier alpha value is -1.81. The zero-order valence-corrected chi connectivity index (χ0v) is 10.4. The van der Waals surface area contributed by atoms with Gasteiger partial charge in [0.2, 0.25) is 0 Å². The molecule has 0 amide bonds. The molecule has 3 nitrogen and oxygen atoms in total. The number of aromatic nitrogens is 3. The van der Waals surface area contributed by atoms with Gasteiger partial charge in [0.1, 0.15) is 10.9 Å². The number of hydrogen-bond donors (Lipinski definition) is 0. The molecule has 1 aliphatic heterocycles. The van der Waals surface area contributed by atoms with Crippen molar-refractivity contribution in [2.24, 2.45) is 0 Å². The van der Waals surface area contributed by atoms with E-state index < -0.39 is 0 Å². The summed E-state index contributed by atoms with van der Waals surface area (Å²) in [5, 5.41) is 9.39. The number of rotatable bonds is 2. The minimum absolute atomic E-state index is 0.389. The van der Waals surface area contributed by atoms with E-state index in [1.807, 2.05) is 34.6 Å². The van der Waals surface area contributed by atoms with Crippen molar-refractivity contribution in [3.05, 3.63) is 60.2 Å². The summed E-state index contributed by atoms with van der Waals surface area (Å²) in [4.78, 5) is 0. The first-order chi connectivity index (χ1) is 8.93. The Kier molecular flexibility index (Phi) is 2.17. The van der Waals surface area contributed by atoms with Gasteiger partial charge < -0.3 is 0 Å². The fourth-order valence-electron chi connectivity index (χ4n) is 2.25. The summed E-state index contributed by atoms with van der Waals surface area (Å²) >= 11 is 1.92. The maximum Gasteiger partial charge on any atom is 0.116 e. The Morgan fingerprint density at radius 3 is 2.61 bits per heavy atom. The fourth-order valence-corrected chi connectivity index (χ4v) is 3.32. The van der Waals surface area contributed by atoms with E-state index in [1.54, 1.807) is 0 Å². The number of benzene rings is 2. The molecule has 3 aromatic rings. The molecule has 0 aliphatic carbocycles. The quantitative estimate of drug-likeness (QED) is 0.656. The Balaban J connectivity index is 1.70. The average Bonchev–Trinajstić information content (AvgIpc) is 3.12. The van der Waals surface area contributed by atoms with Crippen LogP contribution in [0, 0.1) is 0 Å². The zero-order chi connectivity index (χ0) is 11.9. The molecule has 2 aromatic carbocycles. The van der Waals surface area contributed by atoms with E-state index in [4.69, 9.17) is 0 Å². The second-order valence-corrected chi connectivity index (χ2v) is 5.64. The van der Waals surface area contributed by atoms with Crippen LogP contribution in [-0.2, 0) is 0 Å². The normalized spacial score (nSPS) is 22.2. The van der Waals surface area contributed by atoms with Crippen LogP contribution in [-0.4, -0.2) is 15.0 Å². The fraction of sp³-hybridized carbons (Fsp3) is 0.143. The van der Waals surface area contributed by atoms with Crippen LogP contribution in [0.3, 0.4) is 0 Å². The van der Waals surface area contributed by atoms with Crippen LogP contribution in [0.2, 0.25) is 0 Å². The van der Waals surface area contributed by atoms with Gasteiger partial charge in [0.15, 0.2) is 0 Å². The minimum atomic E-state index is 0.389. The predicted octanol–water partition coefficient (Wildman–Crippen LogP) is 3.42. The third-order valence-electron chi connectivity index (χ3n) is 3.21. The van der Waals surface area contributed by atoms with Crippen LogP contribution < -0.4 is 0 Å². The molecule has 0 spiro atoms. The van der Waals surface area contributed by atoms with Crippen LogP contribution >= 0.6 is 11.8 Å². The summed E-state index contributed by atoms with van der Waals surface area (Å²) in [5.74, 6) is 0. The molecule has 88 valence electrons. The molecule has 1 aromatic heterocycles. The van der Waals surface area contributed by atoms with E-state index in [2.05, 4.69) is 46.7 Å². The summed E-state index contributed by atoms with van der Waals surface area (Å²) in [7, 11) is 0. The number of nitrogens with zero attached hydrogens (tertiary/aromatic N) is 3. The molecule has 2 unspecified atom stereocenters. The van der Waals surface area contributed by atoms with Gasteiger partial charge in [0.05, 0.1) is 10.8 Å².